The third kappa shape index (κ3) is 4.75. The number of rotatable bonds is 6. The number of benzene rings is 2. The average Bonchev–Trinajstić information content (AvgIpc) is 3.35. The van der Waals surface area contributed by atoms with E-state index < -0.39 is 4.92 Å². The molecule has 1 aliphatic heterocycles. The number of carbonyl (C=O) groups excluding carboxylic acids is 2. The lowest BCUT2D eigenvalue weighted by molar-refractivity contribution is -0.384. The van der Waals surface area contributed by atoms with E-state index in [-0.39, 0.29) is 29.8 Å². The number of nitro groups is 1. The molecule has 0 spiro atoms. The van der Waals surface area contributed by atoms with Crippen molar-refractivity contribution in [2.75, 3.05) is 16.8 Å². The van der Waals surface area contributed by atoms with Gasteiger partial charge in [-0.25, -0.2) is 0 Å². The number of nitrogens with zero attached hydrogens (tertiary/aromatic N) is 4. The van der Waals surface area contributed by atoms with Crippen LogP contribution >= 0.6 is 11.3 Å². The summed E-state index contributed by atoms with van der Waals surface area (Å²) in [5.74, 6) is -0.333. The Hall–Kier alpha value is -3.66. The first-order valence-corrected chi connectivity index (χ1v) is 10.4. The van der Waals surface area contributed by atoms with E-state index >= 15 is 0 Å². The number of hydrogen-bond donors (Lipinski definition) is 1. The van der Waals surface area contributed by atoms with Crippen LogP contribution in [0.4, 0.5) is 16.5 Å². The molecule has 0 aliphatic carbocycles. The molecule has 1 saturated heterocycles. The quantitative estimate of drug-likeness (QED) is 0.466. The topological polar surface area (TPSA) is 118 Å². The maximum atomic E-state index is 12.5. The van der Waals surface area contributed by atoms with Gasteiger partial charge >= 0.3 is 0 Å². The standard InChI is InChI=1S/C21H19N5O4S/c1-13-3-2-4-17(9-13)25-12-15(11-19(25)28)20-23-24-21(31-20)22-18(27)10-14-5-7-16(8-6-14)26(29)30/h2-9,15H,10-12H2,1H3,(H,22,24,27). The number of hydrogen-bond acceptors (Lipinski definition) is 7. The summed E-state index contributed by atoms with van der Waals surface area (Å²) in [6.07, 6.45) is 0.412. The maximum absolute atomic E-state index is 12.5. The van der Waals surface area contributed by atoms with Crippen LogP contribution in [0.15, 0.2) is 48.5 Å². The van der Waals surface area contributed by atoms with E-state index in [9.17, 15) is 19.7 Å². The van der Waals surface area contributed by atoms with Gasteiger partial charge in [0.15, 0.2) is 0 Å². The number of amides is 2. The molecule has 3 aromatic rings. The molecule has 158 valence electrons. The van der Waals surface area contributed by atoms with Crippen LogP contribution in [0.5, 0.6) is 0 Å². The van der Waals surface area contributed by atoms with Crippen molar-refractivity contribution in [3.63, 3.8) is 0 Å². The SMILES string of the molecule is Cc1cccc(N2CC(c3nnc(NC(=O)Cc4ccc([N+](=O)[O-])cc4)s3)CC2=O)c1. The predicted octanol–water partition coefficient (Wildman–Crippen LogP) is 3.46. The number of nitrogens with one attached hydrogen (secondary N) is 1. The Kier molecular flexibility index (Phi) is 5.72. The van der Waals surface area contributed by atoms with Crippen molar-refractivity contribution in [2.45, 2.75) is 25.7 Å². The van der Waals surface area contributed by atoms with Gasteiger partial charge in [0.25, 0.3) is 5.69 Å². The van der Waals surface area contributed by atoms with Crippen molar-refractivity contribution < 1.29 is 14.5 Å². The first kappa shape index (κ1) is 20.6. The fraction of sp³-hybridized carbons (Fsp3) is 0.238. The normalized spacial score (nSPS) is 15.8. The van der Waals surface area contributed by atoms with Crippen molar-refractivity contribution in [3.8, 4) is 0 Å². The first-order valence-electron chi connectivity index (χ1n) is 9.62. The van der Waals surface area contributed by atoms with Crippen LogP contribution in [0, 0.1) is 17.0 Å². The second kappa shape index (κ2) is 8.60. The molecule has 0 radical (unpaired) electrons. The number of aryl methyl sites for hydroxylation is 1. The van der Waals surface area contributed by atoms with Gasteiger partial charge in [0.2, 0.25) is 16.9 Å². The van der Waals surface area contributed by atoms with Crippen LogP contribution in [-0.4, -0.2) is 33.5 Å². The van der Waals surface area contributed by atoms with Crippen molar-refractivity contribution in [1.29, 1.82) is 0 Å². The molecule has 2 amide bonds. The van der Waals surface area contributed by atoms with E-state index in [1.54, 1.807) is 17.0 Å². The number of nitro benzene ring substituents is 1. The van der Waals surface area contributed by atoms with E-state index in [2.05, 4.69) is 15.5 Å². The molecule has 0 saturated carbocycles. The van der Waals surface area contributed by atoms with E-state index in [4.69, 9.17) is 0 Å². The average molecular weight is 437 g/mol. The highest BCUT2D eigenvalue weighted by molar-refractivity contribution is 7.15. The van der Waals surface area contributed by atoms with E-state index in [1.807, 2.05) is 31.2 Å². The van der Waals surface area contributed by atoms with Crippen LogP contribution < -0.4 is 10.2 Å². The second-order valence-corrected chi connectivity index (χ2v) is 8.35. The van der Waals surface area contributed by atoms with E-state index in [0.717, 1.165) is 11.3 Å². The number of non-ortho nitro benzene ring substituents is 1. The summed E-state index contributed by atoms with van der Waals surface area (Å²) in [6, 6.07) is 13.6. The lowest BCUT2D eigenvalue weighted by atomic mass is 10.1. The van der Waals surface area contributed by atoms with Crippen molar-refractivity contribution in [2.24, 2.45) is 0 Å². The third-order valence-corrected chi connectivity index (χ3v) is 5.99. The van der Waals surface area contributed by atoms with Crippen molar-refractivity contribution in [3.05, 3.63) is 74.8 Å². The maximum Gasteiger partial charge on any atom is 0.269 e. The first-order chi connectivity index (χ1) is 14.9. The molecule has 10 heteroatoms. The zero-order chi connectivity index (χ0) is 22.0. The molecule has 1 unspecified atom stereocenters. The molecular weight excluding hydrogens is 418 g/mol. The van der Waals surface area contributed by atoms with Gasteiger partial charge in [-0.3, -0.25) is 19.7 Å². The molecule has 31 heavy (non-hydrogen) atoms. The predicted molar refractivity (Wildman–Crippen MR) is 116 cm³/mol. The molecule has 1 aliphatic rings. The van der Waals surface area contributed by atoms with Gasteiger partial charge in [0, 0.05) is 36.7 Å². The molecular formula is C21H19N5O4S. The van der Waals surface area contributed by atoms with Crippen LogP contribution in [0.25, 0.3) is 0 Å². The van der Waals surface area contributed by atoms with E-state index in [1.165, 1.54) is 23.5 Å². The highest BCUT2D eigenvalue weighted by Gasteiger charge is 2.34. The van der Waals surface area contributed by atoms with Gasteiger partial charge in [-0.05, 0) is 30.2 Å². The number of anilines is 2. The molecule has 2 aromatic carbocycles. The molecule has 0 bridgehead atoms. The smallest absolute Gasteiger partial charge is 0.269 e. The van der Waals surface area contributed by atoms with Crippen LogP contribution in [0.1, 0.15) is 28.5 Å². The molecule has 2 heterocycles. The minimum Gasteiger partial charge on any atom is -0.312 e. The molecule has 1 aromatic heterocycles. The van der Waals surface area contributed by atoms with Gasteiger partial charge in [-0.15, -0.1) is 10.2 Å². The van der Waals surface area contributed by atoms with Gasteiger partial charge in [-0.2, -0.15) is 0 Å². The Morgan fingerprint density at radius 2 is 2.03 bits per heavy atom. The summed E-state index contributed by atoms with van der Waals surface area (Å²) >= 11 is 1.26. The van der Waals surface area contributed by atoms with Crippen LogP contribution in [-0.2, 0) is 16.0 Å². The van der Waals surface area contributed by atoms with Crippen molar-refractivity contribution >= 4 is 39.7 Å². The Labute approximate surface area is 181 Å². The highest BCUT2D eigenvalue weighted by atomic mass is 32.1. The minimum atomic E-state index is -0.486. The summed E-state index contributed by atoms with van der Waals surface area (Å²) < 4.78 is 0. The summed E-state index contributed by atoms with van der Waals surface area (Å²) in [5, 5.41) is 22.7. The molecule has 1 atom stereocenters. The third-order valence-electron chi connectivity index (χ3n) is 4.99. The van der Waals surface area contributed by atoms with Gasteiger partial charge in [-0.1, -0.05) is 35.6 Å². The summed E-state index contributed by atoms with van der Waals surface area (Å²) in [7, 11) is 0. The molecule has 1 N–H and O–H groups in total. The lowest BCUT2D eigenvalue weighted by Crippen LogP contribution is -2.24. The Morgan fingerprint density at radius 3 is 2.74 bits per heavy atom. The summed E-state index contributed by atoms with van der Waals surface area (Å²) in [4.78, 5) is 36.8. The fourth-order valence-electron chi connectivity index (χ4n) is 3.45. The minimum absolute atomic E-state index is 0.0243. The van der Waals surface area contributed by atoms with Crippen LogP contribution in [0.2, 0.25) is 0 Å². The van der Waals surface area contributed by atoms with Gasteiger partial charge in [0.1, 0.15) is 5.01 Å². The largest absolute Gasteiger partial charge is 0.312 e. The fourth-order valence-corrected chi connectivity index (χ4v) is 4.30. The zero-order valence-electron chi connectivity index (χ0n) is 16.6. The van der Waals surface area contributed by atoms with Crippen LogP contribution in [0.3, 0.4) is 0 Å². The Balaban J connectivity index is 1.37. The van der Waals surface area contributed by atoms with E-state index in [0.29, 0.717) is 28.7 Å². The molecule has 9 nitrogen and oxygen atoms in total. The lowest BCUT2D eigenvalue weighted by Gasteiger charge is -2.16. The highest BCUT2D eigenvalue weighted by Crippen LogP contribution is 2.34. The number of aromatic nitrogens is 2. The zero-order valence-corrected chi connectivity index (χ0v) is 17.5. The summed E-state index contributed by atoms with van der Waals surface area (Å²) in [6.45, 7) is 2.51. The Bertz CT molecular complexity index is 1140. The van der Waals surface area contributed by atoms with Gasteiger partial charge in [0.05, 0.1) is 11.3 Å². The number of carbonyl (C=O) groups is 2. The summed E-state index contributed by atoms with van der Waals surface area (Å²) in [5.41, 5.74) is 2.59. The van der Waals surface area contributed by atoms with Crippen molar-refractivity contribution in [1.82, 2.24) is 10.2 Å². The second-order valence-electron chi connectivity index (χ2n) is 7.34. The molecule has 1 fully saturated rings. The van der Waals surface area contributed by atoms with Gasteiger partial charge < -0.3 is 10.2 Å². The molecule has 4 rings (SSSR count). The Morgan fingerprint density at radius 1 is 1.26 bits per heavy atom. The monoisotopic (exact) mass is 437 g/mol.